The van der Waals surface area contributed by atoms with Crippen molar-refractivity contribution in [1.29, 1.82) is 5.41 Å². The van der Waals surface area contributed by atoms with Crippen LogP contribution in [0, 0.1) is 11.2 Å². The predicted octanol–water partition coefficient (Wildman–Crippen LogP) is 1.64. The second-order valence-electron chi connectivity index (χ2n) is 5.33. The molecule has 104 valence electrons. The minimum absolute atomic E-state index is 0.0787. The van der Waals surface area contributed by atoms with Gasteiger partial charge in [-0.3, -0.25) is 5.41 Å². The van der Waals surface area contributed by atoms with E-state index >= 15 is 0 Å². The average Bonchev–Trinajstić information content (AvgIpc) is 2.76. The molecule has 1 aromatic rings. The maximum Gasteiger partial charge on any atom is 0.125 e. The molecule has 1 heterocycles. The fourth-order valence-electron chi connectivity index (χ4n) is 2.74. The maximum atomic E-state index is 13.3. The Labute approximate surface area is 113 Å². The number of amidine groups is 1. The first-order chi connectivity index (χ1) is 8.99. The van der Waals surface area contributed by atoms with E-state index in [0.29, 0.717) is 11.6 Å². The van der Waals surface area contributed by atoms with Gasteiger partial charge in [0.15, 0.2) is 0 Å². The maximum absolute atomic E-state index is 13.3. The van der Waals surface area contributed by atoms with Crippen LogP contribution in [0.3, 0.4) is 0 Å². The van der Waals surface area contributed by atoms with Crippen LogP contribution in [-0.4, -0.2) is 44.0 Å². The van der Waals surface area contributed by atoms with Gasteiger partial charge in [0, 0.05) is 30.4 Å². The van der Waals surface area contributed by atoms with Crippen molar-refractivity contribution in [2.24, 2.45) is 5.73 Å². The summed E-state index contributed by atoms with van der Waals surface area (Å²) in [4.78, 5) is 4.40. The molecule has 1 fully saturated rings. The van der Waals surface area contributed by atoms with E-state index in [1.54, 1.807) is 6.07 Å². The highest BCUT2D eigenvalue weighted by molar-refractivity contribution is 6.00. The van der Waals surface area contributed by atoms with E-state index in [1.807, 2.05) is 14.1 Å². The molecule has 0 saturated carbocycles. The molecule has 1 aromatic carbocycles. The molecule has 4 nitrogen and oxygen atoms in total. The van der Waals surface area contributed by atoms with Crippen LogP contribution in [-0.2, 0) is 0 Å². The summed E-state index contributed by atoms with van der Waals surface area (Å²) in [5.41, 5.74) is 6.94. The van der Waals surface area contributed by atoms with E-state index in [4.69, 9.17) is 11.1 Å². The van der Waals surface area contributed by atoms with Crippen molar-refractivity contribution >= 4 is 11.5 Å². The lowest BCUT2D eigenvalue weighted by atomic mass is 10.1. The molecule has 0 amide bonds. The molecule has 1 atom stereocenters. The molecular formula is C14H21FN4. The third kappa shape index (κ3) is 3.04. The molecule has 0 aliphatic carbocycles. The molecule has 5 heteroatoms. The molecule has 1 aliphatic rings. The van der Waals surface area contributed by atoms with Gasteiger partial charge in [0.2, 0.25) is 0 Å². The van der Waals surface area contributed by atoms with Gasteiger partial charge < -0.3 is 15.5 Å². The molecule has 1 unspecified atom stereocenters. The van der Waals surface area contributed by atoms with Crippen molar-refractivity contribution in [3.05, 3.63) is 29.6 Å². The van der Waals surface area contributed by atoms with Crippen molar-refractivity contribution < 1.29 is 4.39 Å². The molecular weight excluding hydrogens is 243 g/mol. The van der Waals surface area contributed by atoms with E-state index in [9.17, 15) is 4.39 Å². The quantitative estimate of drug-likeness (QED) is 0.642. The highest BCUT2D eigenvalue weighted by Gasteiger charge is 2.27. The summed E-state index contributed by atoms with van der Waals surface area (Å²) in [5, 5.41) is 7.62. The Bertz CT molecular complexity index is 473. The first-order valence-electron chi connectivity index (χ1n) is 6.54. The lowest BCUT2D eigenvalue weighted by Crippen LogP contribution is -2.38. The van der Waals surface area contributed by atoms with Crippen LogP contribution >= 0.6 is 0 Å². The van der Waals surface area contributed by atoms with Gasteiger partial charge in [0.05, 0.1) is 0 Å². The van der Waals surface area contributed by atoms with Crippen molar-refractivity contribution in [1.82, 2.24) is 4.90 Å². The smallest absolute Gasteiger partial charge is 0.125 e. The number of hydrogen-bond donors (Lipinski definition) is 2. The molecule has 0 bridgehead atoms. The van der Waals surface area contributed by atoms with Gasteiger partial charge >= 0.3 is 0 Å². The van der Waals surface area contributed by atoms with E-state index in [2.05, 4.69) is 9.80 Å². The first-order valence-corrected chi connectivity index (χ1v) is 6.54. The summed E-state index contributed by atoms with van der Waals surface area (Å²) >= 11 is 0. The van der Waals surface area contributed by atoms with Crippen molar-refractivity contribution in [2.45, 2.75) is 18.9 Å². The van der Waals surface area contributed by atoms with Crippen LogP contribution in [0.5, 0.6) is 0 Å². The van der Waals surface area contributed by atoms with Crippen LogP contribution in [0.4, 0.5) is 10.1 Å². The third-order valence-electron chi connectivity index (χ3n) is 3.51. The van der Waals surface area contributed by atoms with Gasteiger partial charge in [0.1, 0.15) is 11.7 Å². The fraction of sp³-hybridized carbons (Fsp3) is 0.500. The van der Waals surface area contributed by atoms with Crippen molar-refractivity contribution in [3.63, 3.8) is 0 Å². The van der Waals surface area contributed by atoms with Crippen LogP contribution in [0.2, 0.25) is 0 Å². The summed E-state index contributed by atoms with van der Waals surface area (Å²) in [6, 6.07) is 4.92. The summed E-state index contributed by atoms with van der Waals surface area (Å²) in [7, 11) is 4.10. The highest BCUT2D eigenvalue weighted by Crippen LogP contribution is 2.29. The molecule has 19 heavy (non-hydrogen) atoms. The number of benzene rings is 1. The zero-order valence-corrected chi connectivity index (χ0v) is 11.5. The molecule has 0 radical (unpaired) electrons. The van der Waals surface area contributed by atoms with Crippen LogP contribution < -0.4 is 10.6 Å². The van der Waals surface area contributed by atoms with Crippen LogP contribution in [0.25, 0.3) is 0 Å². The number of nitrogens with two attached hydrogens (primary N) is 1. The molecule has 0 spiro atoms. The topological polar surface area (TPSA) is 56.4 Å². The van der Waals surface area contributed by atoms with Gasteiger partial charge in [-0.25, -0.2) is 4.39 Å². The third-order valence-corrected chi connectivity index (χ3v) is 3.51. The van der Waals surface area contributed by atoms with E-state index in [0.717, 1.165) is 31.6 Å². The number of likely N-dealkylation sites (N-methyl/N-ethyl adjacent to an activating group) is 1. The lowest BCUT2D eigenvalue weighted by molar-refractivity contribution is 0.372. The highest BCUT2D eigenvalue weighted by atomic mass is 19.1. The van der Waals surface area contributed by atoms with E-state index < -0.39 is 0 Å². The Morgan fingerprint density at radius 2 is 2.26 bits per heavy atom. The number of halogens is 1. The summed E-state index contributed by atoms with van der Waals surface area (Å²) in [5.74, 6) is -0.428. The van der Waals surface area contributed by atoms with Gasteiger partial charge in [-0.05, 0) is 45.1 Å². The van der Waals surface area contributed by atoms with E-state index in [-0.39, 0.29) is 11.7 Å². The predicted molar refractivity (Wildman–Crippen MR) is 76.3 cm³/mol. The van der Waals surface area contributed by atoms with E-state index in [1.165, 1.54) is 12.1 Å². The number of rotatable bonds is 4. The lowest BCUT2D eigenvalue weighted by Gasteiger charge is -2.30. The Kier molecular flexibility index (Phi) is 4.04. The number of nitrogens with zero attached hydrogens (tertiary/aromatic N) is 2. The Morgan fingerprint density at radius 1 is 1.53 bits per heavy atom. The molecule has 2 rings (SSSR count). The Morgan fingerprint density at radius 3 is 2.89 bits per heavy atom. The standard InChI is InChI=1S/C14H21FN4/c1-18(2)9-11-4-3-7-19(11)13-6-5-10(15)8-12(13)14(16)17/h5-6,8,11H,3-4,7,9H2,1-2H3,(H3,16,17). The average molecular weight is 264 g/mol. The number of hydrogen-bond acceptors (Lipinski definition) is 3. The largest absolute Gasteiger partial charge is 0.384 e. The number of anilines is 1. The SMILES string of the molecule is CN(C)CC1CCCN1c1ccc(F)cc1C(=N)N. The fourth-order valence-corrected chi connectivity index (χ4v) is 2.74. The summed E-state index contributed by atoms with van der Waals surface area (Å²) < 4.78 is 13.3. The minimum atomic E-state index is -0.350. The van der Waals surface area contributed by atoms with Crippen molar-refractivity contribution in [2.75, 3.05) is 32.1 Å². The normalized spacial score (nSPS) is 19.2. The monoisotopic (exact) mass is 264 g/mol. The van der Waals surface area contributed by atoms with Crippen LogP contribution in [0.1, 0.15) is 18.4 Å². The molecule has 0 aromatic heterocycles. The first kappa shape index (κ1) is 13.8. The number of nitrogens with one attached hydrogen (secondary N) is 1. The Balaban J connectivity index is 2.32. The Hall–Kier alpha value is -1.62. The van der Waals surface area contributed by atoms with Gasteiger partial charge in [-0.15, -0.1) is 0 Å². The number of nitrogen functional groups attached to an aromatic ring is 1. The summed E-state index contributed by atoms with van der Waals surface area (Å²) in [6.45, 7) is 1.89. The zero-order chi connectivity index (χ0) is 14.0. The van der Waals surface area contributed by atoms with Gasteiger partial charge in [0.25, 0.3) is 0 Å². The molecule has 3 N–H and O–H groups in total. The second kappa shape index (κ2) is 5.57. The van der Waals surface area contributed by atoms with Gasteiger partial charge in [-0.1, -0.05) is 0 Å². The summed E-state index contributed by atoms with van der Waals surface area (Å²) in [6.07, 6.45) is 2.24. The second-order valence-corrected chi connectivity index (χ2v) is 5.33. The van der Waals surface area contributed by atoms with Crippen LogP contribution in [0.15, 0.2) is 18.2 Å². The molecule has 1 saturated heterocycles. The minimum Gasteiger partial charge on any atom is -0.384 e. The van der Waals surface area contributed by atoms with Crippen molar-refractivity contribution in [3.8, 4) is 0 Å². The molecule has 1 aliphatic heterocycles. The zero-order valence-electron chi connectivity index (χ0n) is 11.5. The van der Waals surface area contributed by atoms with Gasteiger partial charge in [-0.2, -0.15) is 0 Å².